The maximum absolute atomic E-state index is 6.16. The van der Waals surface area contributed by atoms with Gasteiger partial charge in [-0.2, -0.15) is 0 Å². The van der Waals surface area contributed by atoms with Gasteiger partial charge in [0.25, 0.3) is 0 Å². The second-order valence-corrected chi connectivity index (χ2v) is 4.09. The van der Waals surface area contributed by atoms with Crippen molar-refractivity contribution < 1.29 is 0 Å². The molecule has 3 rings (SSSR count). The van der Waals surface area contributed by atoms with E-state index in [1.165, 1.54) is 0 Å². The molecule has 3 heteroatoms. The fourth-order valence-corrected chi connectivity index (χ4v) is 2.05. The highest BCUT2D eigenvalue weighted by atomic mass is 35.5. The molecule has 78 valence electrons. The van der Waals surface area contributed by atoms with Crippen molar-refractivity contribution in [3.63, 3.8) is 0 Å². The zero-order chi connectivity index (χ0) is 11.1. The van der Waals surface area contributed by atoms with Crippen LogP contribution >= 0.6 is 11.6 Å². The Bertz CT molecular complexity index is 692. The average Bonchev–Trinajstić information content (AvgIpc) is 2.32. The molecule has 0 aliphatic rings. The van der Waals surface area contributed by atoms with E-state index >= 15 is 0 Å². The molecule has 0 fully saturated rings. The lowest BCUT2D eigenvalue weighted by Gasteiger charge is -2.05. The number of nitrogens with two attached hydrogens (primary N) is 1. The van der Waals surface area contributed by atoms with Crippen LogP contribution in [0.3, 0.4) is 0 Å². The Labute approximate surface area is 97.7 Å². The van der Waals surface area contributed by atoms with Crippen molar-refractivity contribution in [2.45, 2.75) is 0 Å². The first-order chi connectivity index (χ1) is 7.75. The normalized spacial score (nSPS) is 11.1. The summed E-state index contributed by atoms with van der Waals surface area (Å²) in [6.45, 7) is 0. The number of para-hydroxylation sites is 1. The number of hydrogen-bond donors (Lipinski definition) is 1. The van der Waals surface area contributed by atoms with Crippen molar-refractivity contribution in [1.29, 1.82) is 0 Å². The van der Waals surface area contributed by atoms with Crippen LogP contribution in [0, 0.1) is 0 Å². The Kier molecular flexibility index (Phi) is 1.98. The third kappa shape index (κ3) is 1.31. The van der Waals surface area contributed by atoms with E-state index in [-0.39, 0.29) is 0 Å². The predicted octanol–water partition coefficient (Wildman–Crippen LogP) is 3.62. The van der Waals surface area contributed by atoms with E-state index < -0.39 is 0 Å². The molecule has 16 heavy (non-hydrogen) atoms. The Hall–Kier alpha value is -1.80. The Balaban J connectivity index is 2.51. The molecule has 0 aliphatic heterocycles. The standard InChI is InChI=1S/C13H9ClN2/c14-13-9-7-8-3-1-2-4-11(8)16-12(9)6-5-10(13)15/h1-7H,15H2. The number of fused-ring (bicyclic) bond motifs is 2. The molecule has 2 aromatic carbocycles. The van der Waals surface area contributed by atoms with E-state index in [1.807, 2.05) is 36.4 Å². The zero-order valence-corrected chi connectivity index (χ0v) is 9.20. The van der Waals surface area contributed by atoms with Crippen LogP contribution in [-0.2, 0) is 0 Å². The molecular formula is C13H9ClN2. The summed E-state index contributed by atoms with van der Waals surface area (Å²) >= 11 is 6.16. The first-order valence-corrected chi connectivity index (χ1v) is 5.37. The lowest BCUT2D eigenvalue weighted by Crippen LogP contribution is -1.89. The van der Waals surface area contributed by atoms with Crippen LogP contribution in [0.5, 0.6) is 0 Å². The largest absolute Gasteiger partial charge is 0.398 e. The summed E-state index contributed by atoms with van der Waals surface area (Å²) in [6.07, 6.45) is 0. The highest BCUT2D eigenvalue weighted by molar-refractivity contribution is 6.38. The van der Waals surface area contributed by atoms with Crippen molar-refractivity contribution in [3.8, 4) is 0 Å². The van der Waals surface area contributed by atoms with Crippen LogP contribution in [0.25, 0.3) is 21.8 Å². The van der Waals surface area contributed by atoms with Gasteiger partial charge in [0, 0.05) is 10.8 Å². The monoisotopic (exact) mass is 228 g/mol. The molecule has 0 aliphatic carbocycles. The van der Waals surface area contributed by atoms with E-state index in [9.17, 15) is 0 Å². The summed E-state index contributed by atoms with van der Waals surface area (Å²) in [5.41, 5.74) is 8.20. The quantitative estimate of drug-likeness (QED) is 0.472. The summed E-state index contributed by atoms with van der Waals surface area (Å²) < 4.78 is 0. The summed E-state index contributed by atoms with van der Waals surface area (Å²) in [5.74, 6) is 0. The predicted molar refractivity (Wildman–Crippen MR) is 68.7 cm³/mol. The SMILES string of the molecule is Nc1ccc2nc3ccccc3cc2c1Cl. The number of aromatic nitrogens is 1. The fourth-order valence-electron chi connectivity index (χ4n) is 1.83. The highest BCUT2D eigenvalue weighted by Gasteiger charge is 2.05. The minimum atomic E-state index is 0.579. The number of anilines is 1. The Morgan fingerprint density at radius 1 is 1.00 bits per heavy atom. The third-order valence-electron chi connectivity index (χ3n) is 2.66. The number of nitrogen functional groups attached to an aromatic ring is 1. The number of halogens is 1. The van der Waals surface area contributed by atoms with E-state index in [0.29, 0.717) is 10.7 Å². The van der Waals surface area contributed by atoms with Crippen LogP contribution in [0.2, 0.25) is 5.02 Å². The van der Waals surface area contributed by atoms with Crippen LogP contribution in [0.15, 0.2) is 42.5 Å². The van der Waals surface area contributed by atoms with Crippen LogP contribution in [-0.4, -0.2) is 4.98 Å². The van der Waals surface area contributed by atoms with Crippen molar-refractivity contribution in [2.75, 3.05) is 5.73 Å². The van der Waals surface area contributed by atoms with E-state index in [0.717, 1.165) is 21.8 Å². The Morgan fingerprint density at radius 2 is 1.81 bits per heavy atom. The topological polar surface area (TPSA) is 38.9 Å². The molecule has 2 N–H and O–H groups in total. The summed E-state index contributed by atoms with van der Waals surface area (Å²) in [7, 11) is 0. The van der Waals surface area contributed by atoms with Gasteiger partial charge in [-0.05, 0) is 24.3 Å². The van der Waals surface area contributed by atoms with Crippen molar-refractivity contribution >= 4 is 39.1 Å². The molecule has 1 heterocycles. The van der Waals surface area contributed by atoms with Crippen molar-refractivity contribution in [1.82, 2.24) is 4.98 Å². The second kappa shape index (κ2) is 3.35. The first kappa shape index (κ1) is 9.43. The lowest BCUT2D eigenvalue weighted by atomic mass is 10.1. The summed E-state index contributed by atoms with van der Waals surface area (Å²) in [4.78, 5) is 4.54. The molecule has 0 unspecified atom stereocenters. The van der Waals surface area contributed by atoms with Gasteiger partial charge < -0.3 is 5.73 Å². The first-order valence-electron chi connectivity index (χ1n) is 4.99. The smallest absolute Gasteiger partial charge is 0.0729 e. The molecule has 0 amide bonds. The fraction of sp³-hybridized carbons (Fsp3) is 0. The minimum absolute atomic E-state index is 0.579. The summed E-state index contributed by atoms with van der Waals surface area (Å²) in [5, 5.41) is 2.55. The molecule has 0 saturated heterocycles. The van der Waals surface area contributed by atoms with Crippen LogP contribution in [0.4, 0.5) is 5.69 Å². The maximum atomic E-state index is 6.16. The van der Waals surface area contributed by atoms with Gasteiger partial charge in [-0.25, -0.2) is 4.98 Å². The number of rotatable bonds is 0. The summed E-state index contributed by atoms with van der Waals surface area (Å²) in [6, 6.07) is 13.7. The van der Waals surface area contributed by atoms with Crippen molar-refractivity contribution in [3.05, 3.63) is 47.5 Å². The van der Waals surface area contributed by atoms with Gasteiger partial charge in [-0.3, -0.25) is 0 Å². The highest BCUT2D eigenvalue weighted by Crippen LogP contribution is 2.30. The maximum Gasteiger partial charge on any atom is 0.0729 e. The molecule has 0 radical (unpaired) electrons. The van der Waals surface area contributed by atoms with Crippen LogP contribution in [0.1, 0.15) is 0 Å². The van der Waals surface area contributed by atoms with E-state index in [2.05, 4.69) is 4.98 Å². The van der Waals surface area contributed by atoms with Gasteiger partial charge in [-0.1, -0.05) is 29.8 Å². The number of nitrogens with zero attached hydrogens (tertiary/aromatic N) is 1. The molecule has 1 aromatic heterocycles. The van der Waals surface area contributed by atoms with Gasteiger partial charge in [0.2, 0.25) is 0 Å². The average molecular weight is 229 g/mol. The van der Waals surface area contributed by atoms with E-state index in [1.54, 1.807) is 6.07 Å². The van der Waals surface area contributed by atoms with Gasteiger partial charge in [0.1, 0.15) is 0 Å². The Morgan fingerprint density at radius 3 is 2.69 bits per heavy atom. The molecule has 0 spiro atoms. The molecule has 0 bridgehead atoms. The third-order valence-corrected chi connectivity index (χ3v) is 3.09. The van der Waals surface area contributed by atoms with Gasteiger partial charge in [0.15, 0.2) is 0 Å². The molecular weight excluding hydrogens is 220 g/mol. The second-order valence-electron chi connectivity index (χ2n) is 3.72. The van der Waals surface area contributed by atoms with Crippen molar-refractivity contribution in [2.24, 2.45) is 0 Å². The number of benzene rings is 2. The molecule has 3 aromatic rings. The minimum Gasteiger partial charge on any atom is -0.398 e. The number of hydrogen-bond acceptors (Lipinski definition) is 2. The number of pyridine rings is 1. The molecule has 0 atom stereocenters. The van der Waals surface area contributed by atoms with Crippen LogP contribution < -0.4 is 5.73 Å². The van der Waals surface area contributed by atoms with E-state index in [4.69, 9.17) is 17.3 Å². The van der Waals surface area contributed by atoms with Gasteiger partial charge in [0.05, 0.1) is 21.7 Å². The molecule has 0 saturated carbocycles. The zero-order valence-electron chi connectivity index (χ0n) is 8.44. The van der Waals surface area contributed by atoms with Gasteiger partial charge in [-0.15, -0.1) is 0 Å². The molecule has 2 nitrogen and oxygen atoms in total. The lowest BCUT2D eigenvalue weighted by molar-refractivity contribution is 1.50. The van der Waals surface area contributed by atoms with Gasteiger partial charge >= 0.3 is 0 Å².